The van der Waals surface area contributed by atoms with Gasteiger partial charge >= 0.3 is 11.9 Å². The van der Waals surface area contributed by atoms with Crippen molar-refractivity contribution in [2.24, 2.45) is 0 Å². The Balaban J connectivity index is 2.22. The van der Waals surface area contributed by atoms with Crippen molar-refractivity contribution in [3.8, 4) is 0 Å². The van der Waals surface area contributed by atoms with E-state index in [-0.39, 0.29) is 20.9 Å². The molecule has 0 aliphatic carbocycles. The molecule has 0 saturated heterocycles. The minimum Gasteiger partial charge on any atom is -0.465 e. The van der Waals surface area contributed by atoms with Crippen LogP contribution in [0.4, 0.5) is 5.00 Å². The second kappa shape index (κ2) is 9.05. The van der Waals surface area contributed by atoms with E-state index in [1.165, 1.54) is 25.9 Å². The van der Waals surface area contributed by atoms with Gasteiger partial charge in [-0.15, -0.1) is 11.3 Å². The van der Waals surface area contributed by atoms with Crippen LogP contribution < -0.4 is 5.32 Å². The number of methoxy groups -OCH3 is 2. The number of rotatable bonds is 5. The predicted octanol–water partition coefficient (Wildman–Crippen LogP) is 4.58. The summed E-state index contributed by atoms with van der Waals surface area (Å²) in [6.45, 7) is 8.01. The maximum Gasteiger partial charge on any atom is 0.348 e. The van der Waals surface area contributed by atoms with Crippen LogP contribution in [-0.4, -0.2) is 32.1 Å². The number of carbonyl (C=O) groups excluding carboxylic acids is 3. The van der Waals surface area contributed by atoms with Gasteiger partial charge in [-0.05, 0) is 35.1 Å². The zero-order valence-electron chi connectivity index (χ0n) is 17.4. The molecule has 2 rings (SSSR count). The summed E-state index contributed by atoms with van der Waals surface area (Å²) >= 11 is 0.976. The largest absolute Gasteiger partial charge is 0.465 e. The number of hydrogen-bond acceptors (Lipinski definition) is 6. The molecule has 0 bridgehead atoms. The van der Waals surface area contributed by atoms with Gasteiger partial charge in [0.05, 0.1) is 19.8 Å². The SMILES string of the molecule is COC(=O)c1sc(NC(=O)C=Cc2ccc(C(C)(C)C)cc2)c(C(=O)OC)c1C. The van der Waals surface area contributed by atoms with Crippen LogP contribution >= 0.6 is 11.3 Å². The molecule has 1 aromatic heterocycles. The van der Waals surface area contributed by atoms with Crippen LogP contribution in [0.15, 0.2) is 30.3 Å². The van der Waals surface area contributed by atoms with E-state index < -0.39 is 17.8 Å². The van der Waals surface area contributed by atoms with Gasteiger partial charge in [-0.3, -0.25) is 4.79 Å². The molecule has 0 fully saturated rings. The molecule has 0 aliphatic rings. The summed E-state index contributed by atoms with van der Waals surface area (Å²) in [4.78, 5) is 36.6. The average Bonchev–Trinajstić information content (AvgIpc) is 3.00. The first kappa shape index (κ1) is 22.4. The lowest BCUT2D eigenvalue weighted by Gasteiger charge is -2.18. The van der Waals surface area contributed by atoms with Gasteiger partial charge in [-0.2, -0.15) is 0 Å². The summed E-state index contributed by atoms with van der Waals surface area (Å²) in [5.74, 6) is -1.63. The molecule has 0 aliphatic heterocycles. The molecule has 0 atom stereocenters. The van der Waals surface area contributed by atoms with Crippen LogP contribution in [0.2, 0.25) is 0 Å². The predicted molar refractivity (Wildman–Crippen MR) is 115 cm³/mol. The second-order valence-corrected chi connectivity index (χ2v) is 8.46. The normalized spacial score (nSPS) is 11.4. The van der Waals surface area contributed by atoms with Crippen molar-refractivity contribution in [2.75, 3.05) is 19.5 Å². The molecule has 154 valence electrons. The third-order valence-corrected chi connectivity index (χ3v) is 5.53. The highest BCUT2D eigenvalue weighted by molar-refractivity contribution is 7.18. The van der Waals surface area contributed by atoms with Crippen LogP contribution in [0.5, 0.6) is 0 Å². The first-order valence-electron chi connectivity index (χ1n) is 8.98. The number of esters is 2. The Labute approximate surface area is 174 Å². The summed E-state index contributed by atoms with van der Waals surface area (Å²) in [5.41, 5.74) is 2.68. The summed E-state index contributed by atoms with van der Waals surface area (Å²) in [6.07, 6.45) is 3.06. The van der Waals surface area contributed by atoms with Crippen molar-refractivity contribution >= 4 is 40.3 Å². The molecular weight excluding hydrogens is 390 g/mol. The topological polar surface area (TPSA) is 81.7 Å². The lowest BCUT2D eigenvalue weighted by molar-refractivity contribution is -0.111. The van der Waals surface area contributed by atoms with Gasteiger partial charge in [0.2, 0.25) is 5.91 Å². The van der Waals surface area contributed by atoms with E-state index in [2.05, 4.69) is 26.1 Å². The lowest BCUT2D eigenvalue weighted by atomic mass is 9.87. The van der Waals surface area contributed by atoms with Crippen molar-refractivity contribution in [3.05, 3.63) is 57.5 Å². The average molecular weight is 416 g/mol. The molecule has 1 N–H and O–H groups in total. The van der Waals surface area contributed by atoms with Gasteiger partial charge in [-0.1, -0.05) is 45.0 Å². The molecule has 1 amide bonds. The minimum absolute atomic E-state index is 0.0539. The first-order chi connectivity index (χ1) is 13.6. The first-order valence-corrected chi connectivity index (χ1v) is 9.79. The lowest BCUT2D eigenvalue weighted by Crippen LogP contribution is -2.12. The summed E-state index contributed by atoms with van der Waals surface area (Å²) in [7, 11) is 2.50. The quantitative estimate of drug-likeness (QED) is 0.571. The third kappa shape index (κ3) is 5.32. The molecule has 0 saturated carbocycles. The van der Waals surface area contributed by atoms with Crippen LogP contribution in [0.3, 0.4) is 0 Å². The van der Waals surface area contributed by atoms with E-state index in [4.69, 9.17) is 9.47 Å². The van der Waals surface area contributed by atoms with Crippen molar-refractivity contribution in [2.45, 2.75) is 33.1 Å². The fourth-order valence-corrected chi connectivity index (χ4v) is 3.77. The van der Waals surface area contributed by atoms with Crippen molar-refractivity contribution in [3.63, 3.8) is 0 Å². The molecule has 29 heavy (non-hydrogen) atoms. The Morgan fingerprint density at radius 3 is 2.10 bits per heavy atom. The Morgan fingerprint density at radius 2 is 1.59 bits per heavy atom. The van der Waals surface area contributed by atoms with Gasteiger partial charge in [-0.25, -0.2) is 9.59 Å². The summed E-state index contributed by atoms with van der Waals surface area (Å²) < 4.78 is 9.52. The van der Waals surface area contributed by atoms with Crippen LogP contribution in [-0.2, 0) is 19.7 Å². The number of nitrogens with one attached hydrogen (secondary N) is 1. The van der Waals surface area contributed by atoms with Gasteiger partial charge in [0.1, 0.15) is 9.88 Å². The fraction of sp³-hybridized carbons (Fsp3) is 0.318. The van der Waals surface area contributed by atoms with Crippen molar-refractivity contribution < 1.29 is 23.9 Å². The number of benzene rings is 1. The number of amides is 1. The fourth-order valence-electron chi connectivity index (χ4n) is 2.66. The van der Waals surface area contributed by atoms with E-state index in [1.54, 1.807) is 13.0 Å². The summed E-state index contributed by atoms with van der Waals surface area (Å²) in [6, 6.07) is 7.93. The van der Waals surface area contributed by atoms with Crippen LogP contribution in [0.25, 0.3) is 6.08 Å². The maximum atomic E-state index is 12.4. The number of carbonyl (C=O) groups is 3. The van der Waals surface area contributed by atoms with Crippen LogP contribution in [0, 0.1) is 6.92 Å². The Kier molecular flexibility index (Phi) is 6.97. The molecule has 6 nitrogen and oxygen atoms in total. The van der Waals surface area contributed by atoms with E-state index >= 15 is 0 Å². The summed E-state index contributed by atoms with van der Waals surface area (Å²) in [5, 5.41) is 2.90. The van der Waals surface area contributed by atoms with E-state index in [1.807, 2.05) is 24.3 Å². The molecule has 1 heterocycles. The van der Waals surface area contributed by atoms with Crippen molar-refractivity contribution in [1.29, 1.82) is 0 Å². The Bertz CT molecular complexity index is 949. The van der Waals surface area contributed by atoms with E-state index in [0.29, 0.717) is 5.56 Å². The molecule has 7 heteroatoms. The standard InChI is InChI=1S/C22H25NO5S/c1-13-17(20(25)27-5)19(29-18(13)21(26)28-6)23-16(24)12-9-14-7-10-15(11-8-14)22(2,3)4/h7-12H,1-6H3,(H,23,24). The number of hydrogen-bond donors (Lipinski definition) is 1. The van der Waals surface area contributed by atoms with Crippen molar-refractivity contribution in [1.82, 2.24) is 0 Å². The van der Waals surface area contributed by atoms with Gasteiger partial charge in [0.15, 0.2) is 0 Å². The monoisotopic (exact) mass is 415 g/mol. The molecule has 1 aromatic carbocycles. The molecule has 2 aromatic rings. The molecular formula is C22H25NO5S. The third-order valence-electron chi connectivity index (χ3n) is 4.35. The number of anilines is 1. The zero-order chi connectivity index (χ0) is 21.8. The Hall–Kier alpha value is -2.93. The molecule has 0 unspecified atom stereocenters. The van der Waals surface area contributed by atoms with Crippen LogP contribution in [0.1, 0.15) is 57.5 Å². The maximum absolute atomic E-state index is 12.4. The highest BCUT2D eigenvalue weighted by atomic mass is 32.1. The van der Waals surface area contributed by atoms with Gasteiger partial charge in [0, 0.05) is 6.08 Å². The second-order valence-electron chi connectivity index (χ2n) is 7.44. The van der Waals surface area contributed by atoms with E-state index in [9.17, 15) is 14.4 Å². The number of thiophene rings is 1. The highest BCUT2D eigenvalue weighted by Crippen LogP contribution is 2.34. The Morgan fingerprint density at radius 1 is 1.00 bits per heavy atom. The molecule has 0 radical (unpaired) electrons. The van der Waals surface area contributed by atoms with Gasteiger partial charge < -0.3 is 14.8 Å². The zero-order valence-corrected chi connectivity index (χ0v) is 18.2. The highest BCUT2D eigenvalue weighted by Gasteiger charge is 2.26. The number of ether oxygens (including phenoxy) is 2. The minimum atomic E-state index is -0.633. The molecule has 0 spiro atoms. The smallest absolute Gasteiger partial charge is 0.348 e. The van der Waals surface area contributed by atoms with Gasteiger partial charge in [0.25, 0.3) is 0 Å². The van der Waals surface area contributed by atoms with E-state index in [0.717, 1.165) is 16.9 Å².